The first-order valence-electron chi connectivity index (χ1n) is 3.20. The van der Waals surface area contributed by atoms with Gasteiger partial charge in [0.25, 0.3) is 0 Å². The number of hydrogen-bond donors (Lipinski definition) is 1. The highest BCUT2D eigenvalue weighted by Crippen LogP contribution is 2.14. The van der Waals surface area contributed by atoms with Gasteiger partial charge in [-0.3, -0.25) is 0 Å². The fraction of sp³-hybridized carbons (Fsp3) is 1.00. The smallest absolute Gasteiger partial charge is 0.112 e. The van der Waals surface area contributed by atoms with Crippen molar-refractivity contribution in [2.75, 3.05) is 14.1 Å². The highest BCUT2D eigenvalue weighted by molar-refractivity contribution is 7.93. The van der Waals surface area contributed by atoms with Crippen molar-refractivity contribution >= 4 is 9.92 Å². The van der Waals surface area contributed by atoms with Gasteiger partial charge in [-0.1, -0.05) is 0 Å². The topological polar surface area (TPSA) is 41.5 Å². The van der Waals surface area contributed by atoms with Gasteiger partial charge in [-0.05, 0) is 27.8 Å². The zero-order valence-electron chi connectivity index (χ0n) is 7.26. The van der Waals surface area contributed by atoms with Crippen molar-refractivity contribution < 1.29 is 4.21 Å². The van der Waals surface area contributed by atoms with Crippen LogP contribution in [-0.2, 0) is 9.92 Å². The lowest BCUT2D eigenvalue weighted by molar-refractivity contribution is 0.631. The van der Waals surface area contributed by atoms with E-state index in [4.69, 9.17) is 0 Å². The predicted octanol–water partition coefficient (Wildman–Crippen LogP) is 1.02. The first-order valence-corrected chi connectivity index (χ1v) is 4.72. The summed E-state index contributed by atoms with van der Waals surface area (Å²) in [5.41, 5.74) is 0. The zero-order chi connectivity index (χ0) is 8.41. The molecule has 0 saturated heterocycles. The molecular formula is C6H16N2OS. The summed E-state index contributed by atoms with van der Waals surface area (Å²) in [6.07, 6.45) is 0. The van der Waals surface area contributed by atoms with Crippen LogP contribution in [0.2, 0.25) is 0 Å². The zero-order valence-corrected chi connectivity index (χ0v) is 8.08. The predicted molar refractivity (Wildman–Crippen MR) is 45.3 cm³/mol. The number of nitrogens with zero attached hydrogens (tertiary/aromatic N) is 1. The third-order valence-electron chi connectivity index (χ3n) is 1.36. The molecule has 3 nitrogen and oxygen atoms in total. The van der Waals surface area contributed by atoms with E-state index in [1.54, 1.807) is 14.1 Å². The molecule has 0 aliphatic heterocycles. The molecule has 0 saturated carbocycles. The van der Waals surface area contributed by atoms with Crippen LogP contribution in [0.15, 0.2) is 4.36 Å². The van der Waals surface area contributed by atoms with Crippen LogP contribution in [0.5, 0.6) is 0 Å². The van der Waals surface area contributed by atoms with Gasteiger partial charge in [-0.2, -0.15) is 0 Å². The van der Waals surface area contributed by atoms with E-state index in [-0.39, 0.29) is 4.75 Å². The van der Waals surface area contributed by atoms with Crippen LogP contribution in [0, 0.1) is 0 Å². The van der Waals surface area contributed by atoms with Gasteiger partial charge in [0.05, 0.1) is 4.75 Å². The third-order valence-corrected chi connectivity index (χ3v) is 4.09. The van der Waals surface area contributed by atoms with Crippen molar-refractivity contribution in [1.82, 2.24) is 4.72 Å². The monoisotopic (exact) mass is 164 g/mol. The van der Waals surface area contributed by atoms with Gasteiger partial charge in [-0.25, -0.2) is 13.3 Å². The molecule has 0 aromatic carbocycles. The molecule has 0 aliphatic carbocycles. The van der Waals surface area contributed by atoms with Crippen LogP contribution < -0.4 is 4.72 Å². The Hall–Kier alpha value is -0.0900. The Balaban J connectivity index is 4.91. The van der Waals surface area contributed by atoms with Crippen molar-refractivity contribution in [3.63, 3.8) is 0 Å². The van der Waals surface area contributed by atoms with Gasteiger partial charge >= 0.3 is 0 Å². The molecule has 1 N–H and O–H groups in total. The molecule has 4 heteroatoms. The summed E-state index contributed by atoms with van der Waals surface area (Å²) in [5, 5.41) is 0. The molecule has 0 rings (SSSR count). The van der Waals surface area contributed by atoms with Crippen molar-refractivity contribution in [2.24, 2.45) is 4.36 Å². The van der Waals surface area contributed by atoms with Crippen LogP contribution in [0.25, 0.3) is 0 Å². The lowest BCUT2D eigenvalue weighted by Gasteiger charge is -2.22. The molecular weight excluding hydrogens is 148 g/mol. The van der Waals surface area contributed by atoms with Crippen LogP contribution in [0.3, 0.4) is 0 Å². The summed E-state index contributed by atoms with van der Waals surface area (Å²) >= 11 is 0. The van der Waals surface area contributed by atoms with Gasteiger partial charge in [0, 0.05) is 7.05 Å². The molecule has 0 bridgehead atoms. The van der Waals surface area contributed by atoms with E-state index in [0.717, 1.165) is 0 Å². The Morgan fingerprint density at radius 2 is 1.80 bits per heavy atom. The number of rotatable bonds is 1. The van der Waals surface area contributed by atoms with Crippen LogP contribution in [0.4, 0.5) is 0 Å². The van der Waals surface area contributed by atoms with Gasteiger partial charge in [0.1, 0.15) is 9.92 Å². The summed E-state index contributed by atoms with van der Waals surface area (Å²) in [4.78, 5) is 0. The second kappa shape index (κ2) is 2.88. The standard InChI is InChI=1S/C6H16N2OS/c1-6(2,3)10(9,7-4)8-5/h1-5H3,(H,7,8,9). The normalized spacial score (nSPS) is 18.1. The lowest BCUT2D eigenvalue weighted by atomic mass is 10.3. The molecule has 0 radical (unpaired) electrons. The highest BCUT2D eigenvalue weighted by atomic mass is 32.2. The minimum Gasteiger partial charge on any atom is -0.234 e. The van der Waals surface area contributed by atoms with Crippen molar-refractivity contribution in [1.29, 1.82) is 0 Å². The molecule has 1 unspecified atom stereocenters. The van der Waals surface area contributed by atoms with E-state index in [0.29, 0.717) is 0 Å². The summed E-state index contributed by atoms with van der Waals surface area (Å²) in [5.74, 6) is 0. The highest BCUT2D eigenvalue weighted by Gasteiger charge is 2.24. The Morgan fingerprint density at radius 1 is 1.40 bits per heavy atom. The molecule has 0 amide bonds. The molecule has 0 spiro atoms. The summed E-state index contributed by atoms with van der Waals surface area (Å²) in [6.45, 7) is 5.70. The summed E-state index contributed by atoms with van der Waals surface area (Å²) in [7, 11) is 1.03. The van der Waals surface area contributed by atoms with E-state index < -0.39 is 9.92 Å². The second-order valence-corrected chi connectivity index (χ2v) is 6.07. The third kappa shape index (κ3) is 1.70. The SMILES string of the molecule is CN=S(=O)(NC)C(C)(C)C. The fourth-order valence-electron chi connectivity index (χ4n) is 0.671. The Morgan fingerprint density at radius 3 is 1.80 bits per heavy atom. The summed E-state index contributed by atoms with van der Waals surface area (Å²) in [6, 6.07) is 0. The van der Waals surface area contributed by atoms with Crippen molar-refractivity contribution in [3.05, 3.63) is 0 Å². The lowest BCUT2D eigenvalue weighted by Crippen LogP contribution is -2.36. The average molecular weight is 164 g/mol. The maximum absolute atomic E-state index is 11.7. The Kier molecular flexibility index (Phi) is 2.86. The van der Waals surface area contributed by atoms with Gasteiger partial charge in [-0.15, -0.1) is 0 Å². The molecule has 0 aliphatic rings. The van der Waals surface area contributed by atoms with Gasteiger partial charge in [0.15, 0.2) is 0 Å². The molecule has 0 aromatic heterocycles. The number of hydrogen-bond acceptors (Lipinski definition) is 2. The minimum atomic E-state index is -2.21. The van der Waals surface area contributed by atoms with E-state index in [1.165, 1.54) is 0 Å². The largest absolute Gasteiger partial charge is 0.234 e. The first kappa shape index (κ1) is 9.91. The quantitative estimate of drug-likeness (QED) is 0.617. The van der Waals surface area contributed by atoms with Crippen molar-refractivity contribution in [2.45, 2.75) is 25.5 Å². The van der Waals surface area contributed by atoms with Crippen LogP contribution >= 0.6 is 0 Å². The number of nitrogens with one attached hydrogen (secondary N) is 1. The minimum absolute atomic E-state index is 0.295. The van der Waals surface area contributed by atoms with Gasteiger partial charge in [0.2, 0.25) is 0 Å². The molecule has 10 heavy (non-hydrogen) atoms. The molecule has 0 aromatic rings. The molecule has 0 heterocycles. The van der Waals surface area contributed by atoms with Crippen molar-refractivity contribution in [3.8, 4) is 0 Å². The Bertz CT molecular complexity index is 208. The van der Waals surface area contributed by atoms with Gasteiger partial charge < -0.3 is 0 Å². The average Bonchev–Trinajstić information content (AvgIpc) is 1.84. The molecule has 0 fully saturated rings. The van der Waals surface area contributed by atoms with E-state index >= 15 is 0 Å². The molecule has 1 atom stereocenters. The maximum Gasteiger partial charge on any atom is 0.112 e. The van der Waals surface area contributed by atoms with E-state index in [2.05, 4.69) is 9.08 Å². The fourth-order valence-corrected chi connectivity index (χ4v) is 2.01. The van der Waals surface area contributed by atoms with Crippen LogP contribution in [-0.4, -0.2) is 23.1 Å². The first-order chi connectivity index (χ1) is 4.37. The second-order valence-electron chi connectivity index (χ2n) is 3.02. The summed E-state index contributed by atoms with van der Waals surface area (Å²) < 4.78 is 17.9. The van der Waals surface area contributed by atoms with E-state index in [1.807, 2.05) is 20.8 Å². The van der Waals surface area contributed by atoms with E-state index in [9.17, 15) is 4.21 Å². The maximum atomic E-state index is 11.7. The molecule has 62 valence electrons. The van der Waals surface area contributed by atoms with Crippen LogP contribution in [0.1, 0.15) is 20.8 Å². The Labute approximate surface area is 63.5 Å².